The summed E-state index contributed by atoms with van der Waals surface area (Å²) >= 11 is 0. The molecule has 0 N–H and O–H groups in total. The van der Waals surface area contributed by atoms with Crippen LogP contribution in [0.1, 0.15) is 43.9 Å². The van der Waals surface area contributed by atoms with Gasteiger partial charge in [0.05, 0.1) is 54.4 Å². The number of hydrogen-bond donors (Lipinski definition) is 0. The minimum absolute atomic E-state index is 0.0104. The van der Waals surface area contributed by atoms with E-state index in [1.54, 1.807) is 54.6 Å². The van der Waals surface area contributed by atoms with E-state index in [-0.39, 0.29) is 17.9 Å². The highest BCUT2D eigenvalue weighted by Crippen LogP contribution is 2.50. The Morgan fingerprint density at radius 1 is 0.842 bits per heavy atom. The normalized spacial score (nSPS) is 21.5. The van der Waals surface area contributed by atoms with E-state index < -0.39 is 0 Å². The van der Waals surface area contributed by atoms with Gasteiger partial charge >= 0.3 is 0 Å². The Kier molecular flexibility index (Phi) is 8.04. The van der Waals surface area contributed by atoms with Crippen molar-refractivity contribution < 1.29 is 33.2 Å². The maximum absolute atomic E-state index is 12.9. The molecule has 9 heteroatoms. The third-order valence-electron chi connectivity index (χ3n) is 7.33. The molecule has 3 atom stereocenters. The van der Waals surface area contributed by atoms with Crippen molar-refractivity contribution in [3.63, 3.8) is 0 Å². The number of nitrogens with zero attached hydrogens (tertiary/aromatic N) is 2. The van der Waals surface area contributed by atoms with Crippen LogP contribution < -0.4 is 28.4 Å². The van der Waals surface area contributed by atoms with E-state index in [2.05, 4.69) is 13.0 Å². The maximum atomic E-state index is 12.9. The number of hydrogen-bond acceptors (Lipinski definition) is 8. The molecule has 1 saturated carbocycles. The lowest BCUT2D eigenvalue weighted by Gasteiger charge is -2.34. The van der Waals surface area contributed by atoms with Crippen molar-refractivity contribution >= 4 is 17.7 Å². The molecule has 1 aliphatic heterocycles. The zero-order valence-electron chi connectivity index (χ0n) is 23.3. The van der Waals surface area contributed by atoms with Gasteiger partial charge in [-0.2, -0.15) is 5.10 Å². The number of methoxy groups -OCH3 is 6. The molecule has 0 bridgehead atoms. The lowest BCUT2D eigenvalue weighted by Crippen LogP contribution is -2.34. The van der Waals surface area contributed by atoms with Crippen molar-refractivity contribution in [3.8, 4) is 34.5 Å². The summed E-state index contributed by atoms with van der Waals surface area (Å²) in [5, 5.41) is 6.49. The number of fused-ring (bicyclic) bond motifs is 1. The molecule has 0 spiro atoms. The summed E-state index contributed by atoms with van der Waals surface area (Å²) in [7, 11) is 9.52. The fourth-order valence-corrected chi connectivity index (χ4v) is 5.52. The maximum Gasteiger partial charge on any atom is 0.240 e. The quantitative estimate of drug-likeness (QED) is 0.473. The van der Waals surface area contributed by atoms with E-state index in [0.29, 0.717) is 40.4 Å². The highest BCUT2D eigenvalue weighted by Gasteiger charge is 2.46. The Morgan fingerprint density at radius 3 is 1.79 bits per heavy atom. The summed E-state index contributed by atoms with van der Waals surface area (Å²) < 4.78 is 33.3. The van der Waals surface area contributed by atoms with Crippen LogP contribution in [0.25, 0.3) is 6.08 Å². The molecule has 0 radical (unpaired) electrons. The van der Waals surface area contributed by atoms with Gasteiger partial charge in [0.2, 0.25) is 17.4 Å². The first-order chi connectivity index (χ1) is 18.3. The van der Waals surface area contributed by atoms with Crippen molar-refractivity contribution in [2.24, 2.45) is 16.9 Å². The Morgan fingerprint density at radius 2 is 1.34 bits per heavy atom. The molecule has 1 fully saturated rings. The SMILES string of the molecule is COc1cc(C=C2CCC(C)C3C2=NN(C(C)=O)C3c2cc(OC)c(OC)c(OC)c2)cc(OC)c1OC. The first-order valence-corrected chi connectivity index (χ1v) is 12.5. The molecule has 38 heavy (non-hydrogen) atoms. The Bertz CT molecular complexity index is 1220. The Hall–Kier alpha value is -3.88. The fourth-order valence-electron chi connectivity index (χ4n) is 5.52. The zero-order chi connectivity index (χ0) is 27.6. The lowest BCUT2D eigenvalue weighted by molar-refractivity contribution is -0.131. The predicted octanol–water partition coefficient (Wildman–Crippen LogP) is 5.13. The molecule has 2 aromatic carbocycles. The van der Waals surface area contributed by atoms with Gasteiger partial charge in [0, 0.05) is 12.8 Å². The molecular formula is C29H36N2O7. The van der Waals surface area contributed by atoms with Crippen molar-refractivity contribution in [2.75, 3.05) is 42.7 Å². The second kappa shape index (κ2) is 11.2. The van der Waals surface area contributed by atoms with Gasteiger partial charge in [-0.3, -0.25) is 4.79 Å². The molecule has 3 unspecified atom stereocenters. The van der Waals surface area contributed by atoms with Crippen LogP contribution in [-0.2, 0) is 4.79 Å². The first-order valence-electron chi connectivity index (χ1n) is 12.5. The summed E-state index contributed by atoms with van der Waals surface area (Å²) in [6, 6.07) is 7.33. The van der Waals surface area contributed by atoms with Crippen LogP contribution in [0.3, 0.4) is 0 Å². The predicted molar refractivity (Wildman–Crippen MR) is 145 cm³/mol. The summed E-state index contributed by atoms with van der Waals surface area (Å²) in [6.07, 6.45) is 3.88. The second-order valence-corrected chi connectivity index (χ2v) is 9.42. The Balaban J connectivity index is 1.83. The second-order valence-electron chi connectivity index (χ2n) is 9.42. The molecule has 1 aliphatic carbocycles. The van der Waals surface area contributed by atoms with Crippen molar-refractivity contribution in [1.29, 1.82) is 0 Å². The van der Waals surface area contributed by atoms with Gasteiger partial charge in [0.1, 0.15) is 0 Å². The first kappa shape index (κ1) is 27.2. The molecular weight excluding hydrogens is 488 g/mol. The summed E-state index contributed by atoms with van der Waals surface area (Å²) in [5.74, 6) is 3.42. The third-order valence-corrected chi connectivity index (χ3v) is 7.33. The van der Waals surface area contributed by atoms with E-state index in [9.17, 15) is 4.79 Å². The van der Waals surface area contributed by atoms with Crippen LogP contribution in [0, 0.1) is 11.8 Å². The zero-order valence-corrected chi connectivity index (χ0v) is 23.3. The fraction of sp³-hybridized carbons (Fsp3) is 0.448. The molecule has 1 amide bonds. The average Bonchev–Trinajstić information content (AvgIpc) is 3.35. The van der Waals surface area contributed by atoms with Crippen LogP contribution in [0.15, 0.2) is 34.9 Å². The molecule has 2 aliphatic rings. The highest BCUT2D eigenvalue weighted by molar-refractivity contribution is 6.08. The number of rotatable bonds is 8. The van der Waals surface area contributed by atoms with E-state index in [4.69, 9.17) is 33.5 Å². The molecule has 9 nitrogen and oxygen atoms in total. The molecule has 4 rings (SSSR count). The van der Waals surface area contributed by atoms with Crippen molar-refractivity contribution in [3.05, 3.63) is 41.0 Å². The minimum Gasteiger partial charge on any atom is -0.493 e. The van der Waals surface area contributed by atoms with Gasteiger partial charge in [-0.15, -0.1) is 0 Å². The number of amides is 1. The van der Waals surface area contributed by atoms with Crippen LogP contribution in [0.2, 0.25) is 0 Å². The number of ether oxygens (including phenoxy) is 6. The van der Waals surface area contributed by atoms with Gasteiger partial charge in [0.15, 0.2) is 23.0 Å². The molecule has 1 heterocycles. The summed E-state index contributed by atoms with van der Waals surface area (Å²) in [5.41, 5.74) is 3.76. The topological polar surface area (TPSA) is 88.1 Å². The third kappa shape index (κ3) is 4.73. The van der Waals surface area contributed by atoms with E-state index in [1.807, 2.05) is 24.3 Å². The van der Waals surface area contributed by atoms with E-state index in [1.165, 1.54) is 0 Å². The van der Waals surface area contributed by atoms with E-state index >= 15 is 0 Å². The minimum atomic E-state index is -0.310. The highest BCUT2D eigenvalue weighted by atomic mass is 16.5. The smallest absolute Gasteiger partial charge is 0.240 e. The van der Waals surface area contributed by atoms with Crippen LogP contribution >= 0.6 is 0 Å². The van der Waals surface area contributed by atoms with E-state index in [0.717, 1.165) is 35.3 Å². The number of benzene rings is 2. The number of allylic oxidation sites excluding steroid dienone is 1. The lowest BCUT2D eigenvalue weighted by atomic mass is 9.71. The van der Waals surface area contributed by atoms with Crippen LogP contribution in [-0.4, -0.2) is 59.3 Å². The number of carbonyl (C=O) groups excluding carboxylic acids is 1. The average molecular weight is 525 g/mol. The largest absolute Gasteiger partial charge is 0.493 e. The van der Waals surface area contributed by atoms with Gasteiger partial charge in [-0.1, -0.05) is 6.92 Å². The van der Waals surface area contributed by atoms with Gasteiger partial charge < -0.3 is 28.4 Å². The summed E-state index contributed by atoms with van der Waals surface area (Å²) in [4.78, 5) is 12.9. The molecule has 0 aromatic heterocycles. The van der Waals surface area contributed by atoms with Gasteiger partial charge in [-0.25, -0.2) is 5.01 Å². The Labute approximate surface area is 223 Å². The number of hydrazone groups is 1. The monoisotopic (exact) mass is 524 g/mol. The van der Waals surface area contributed by atoms with Crippen molar-refractivity contribution in [1.82, 2.24) is 5.01 Å². The van der Waals surface area contributed by atoms with Gasteiger partial charge in [-0.05, 0) is 65.8 Å². The van der Waals surface area contributed by atoms with Crippen molar-refractivity contribution in [2.45, 2.75) is 32.7 Å². The number of carbonyl (C=O) groups is 1. The molecule has 204 valence electrons. The molecule has 0 saturated heterocycles. The van der Waals surface area contributed by atoms with Crippen LogP contribution in [0.4, 0.5) is 0 Å². The van der Waals surface area contributed by atoms with Crippen LogP contribution in [0.5, 0.6) is 34.5 Å². The summed E-state index contributed by atoms with van der Waals surface area (Å²) in [6.45, 7) is 3.75. The van der Waals surface area contributed by atoms with Gasteiger partial charge in [0.25, 0.3) is 0 Å². The standard InChI is InChI=1S/C29H36N2O7/c1-16-9-10-19(11-18-12-21(33-3)28(37-7)22(13-18)34-4)26-25(16)27(31(30-26)17(2)32)20-14-23(35-5)29(38-8)24(15-20)36-6/h11-16,25,27H,9-10H2,1-8H3. The molecule has 2 aromatic rings.